The molecule has 1 amide bonds. The molecule has 3 heteroatoms. The Morgan fingerprint density at radius 1 is 1.22 bits per heavy atom. The normalized spacial score (nSPS) is 17.2. The number of hydrogen-bond donors (Lipinski definition) is 1. The molecule has 0 saturated heterocycles. The molecular weight excluding hydrogens is 290 g/mol. The molecule has 1 aromatic rings. The van der Waals surface area contributed by atoms with Crippen LogP contribution in [0.25, 0.3) is 0 Å². The van der Waals surface area contributed by atoms with Crippen molar-refractivity contribution in [3.05, 3.63) is 34.3 Å². The van der Waals surface area contributed by atoms with Gasteiger partial charge in [0.2, 0.25) is 5.91 Å². The predicted octanol–water partition coefficient (Wildman–Crippen LogP) is 4.04. The molecule has 1 saturated carbocycles. The smallest absolute Gasteiger partial charge is 0.223 e. The van der Waals surface area contributed by atoms with Crippen molar-refractivity contribution in [2.45, 2.75) is 45.1 Å². The van der Waals surface area contributed by atoms with E-state index in [-0.39, 0.29) is 11.8 Å². The van der Waals surface area contributed by atoms with Crippen LogP contribution in [0.1, 0.15) is 44.1 Å². The van der Waals surface area contributed by atoms with Gasteiger partial charge >= 0.3 is 0 Å². The molecule has 0 bridgehead atoms. The molecule has 1 aromatic carbocycles. The lowest BCUT2D eigenvalue weighted by Crippen LogP contribution is -2.30. The zero-order valence-corrected chi connectivity index (χ0v) is 12.2. The van der Waals surface area contributed by atoms with E-state index < -0.39 is 0 Å². The van der Waals surface area contributed by atoms with Crippen LogP contribution in [0.2, 0.25) is 0 Å². The quantitative estimate of drug-likeness (QED) is 0.839. The number of amides is 1. The minimum absolute atomic E-state index is 0.233. The Bertz CT molecular complexity index is 397. The monoisotopic (exact) mass is 309 g/mol. The molecule has 0 radical (unpaired) electrons. The van der Waals surface area contributed by atoms with Crippen LogP contribution >= 0.6 is 15.9 Å². The molecule has 98 valence electrons. The Labute approximate surface area is 117 Å². The molecule has 0 aromatic heterocycles. The Hall–Kier alpha value is -0.830. The summed E-state index contributed by atoms with van der Waals surface area (Å²) in [5.74, 6) is 0.469. The van der Waals surface area contributed by atoms with E-state index in [0.717, 1.165) is 22.9 Å². The molecule has 1 aliphatic carbocycles. The number of benzene rings is 1. The van der Waals surface area contributed by atoms with Crippen molar-refractivity contribution in [2.24, 2.45) is 5.92 Å². The van der Waals surface area contributed by atoms with Gasteiger partial charge in [-0.05, 0) is 30.5 Å². The number of hydrogen-bond acceptors (Lipinski definition) is 1. The zero-order valence-electron chi connectivity index (χ0n) is 10.6. The molecular formula is C15H20BrNO. The van der Waals surface area contributed by atoms with Gasteiger partial charge in [0.25, 0.3) is 0 Å². The number of rotatable bonds is 3. The first-order valence-corrected chi connectivity index (χ1v) is 7.57. The molecule has 1 fully saturated rings. The summed E-state index contributed by atoms with van der Waals surface area (Å²) in [6, 6.07) is 8.08. The van der Waals surface area contributed by atoms with Gasteiger partial charge in [0, 0.05) is 16.9 Å². The van der Waals surface area contributed by atoms with Crippen molar-refractivity contribution in [2.75, 3.05) is 0 Å². The van der Waals surface area contributed by atoms with Gasteiger partial charge in [0.15, 0.2) is 0 Å². The third-order valence-electron chi connectivity index (χ3n) is 3.58. The first-order chi connectivity index (χ1) is 8.75. The van der Waals surface area contributed by atoms with Gasteiger partial charge in [-0.1, -0.05) is 53.7 Å². The summed E-state index contributed by atoms with van der Waals surface area (Å²) in [7, 11) is 0. The third-order valence-corrected chi connectivity index (χ3v) is 4.07. The highest BCUT2D eigenvalue weighted by molar-refractivity contribution is 9.10. The maximum atomic E-state index is 12.1. The fourth-order valence-electron chi connectivity index (χ4n) is 2.52. The highest BCUT2D eigenvalue weighted by Gasteiger charge is 2.19. The molecule has 0 spiro atoms. The average molecular weight is 310 g/mol. The lowest BCUT2D eigenvalue weighted by Gasteiger charge is -2.14. The SMILES string of the molecule is O=C(NCc1cccc(Br)c1)C1CCCCCC1. The molecule has 2 rings (SSSR count). The van der Waals surface area contributed by atoms with Crippen LogP contribution in [-0.2, 0) is 11.3 Å². The second-order valence-electron chi connectivity index (χ2n) is 5.04. The van der Waals surface area contributed by atoms with Crippen molar-refractivity contribution >= 4 is 21.8 Å². The summed E-state index contributed by atoms with van der Waals surface area (Å²) in [6.07, 6.45) is 7.10. The molecule has 0 heterocycles. The molecule has 1 N–H and O–H groups in total. The fourth-order valence-corrected chi connectivity index (χ4v) is 2.97. The van der Waals surface area contributed by atoms with Gasteiger partial charge in [-0.3, -0.25) is 4.79 Å². The van der Waals surface area contributed by atoms with Crippen molar-refractivity contribution in [1.82, 2.24) is 5.32 Å². The van der Waals surface area contributed by atoms with E-state index in [0.29, 0.717) is 6.54 Å². The van der Waals surface area contributed by atoms with E-state index in [4.69, 9.17) is 0 Å². The highest BCUT2D eigenvalue weighted by Crippen LogP contribution is 2.23. The lowest BCUT2D eigenvalue weighted by molar-refractivity contribution is -0.125. The van der Waals surface area contributed by atoms with Crippen molar-refractivity contribution < 1.29 is 4.79 Å². The Morgan fingerprint density at radius 2 is 1.94 bits per heavy atom. The van der Waals surface area contributed by atoms with E-state index in [9.17, 15) is 4.79 Å². The van der Waals surface area contributed by atoms with Gasteiger partial charge in [-0.25, -0.2) is 0 Å². The Kier molecular flexibility index (Phi) is 5.24. The summed E-state index contributed by atoms with van der Waals surface area (Å²) in [4.78, 5) is 12.1. The lowest BCUT2D eigenvalue weighted by atomic mass is 9.99. The zero-order chi connectivity index (χ0) is 12.8. The fraction of sp³-hybridized carbons (Fsp3) is 0.533. The summed E-state index contributed by atoms with van der Waals surface area (Å²) in [5.41, 5.74) is 1.14. The largest absolute Gasteiger partial charge is 0.352 e. The van der Waals surface area contributed by atoms with Crippen LogP contribution in [0.5, 0.6) is 0 Å². The van der Waals surface area contributed by atoms with Gasteiger partial charge in [-0.15, -0.1) is 0 Å². The topological polar surface area (TPSA) is 29.1 Å². The van der Waals surface area contributed by atoms with E-state index >= 15 is 0 Å². The number of carbonyl (C=O) groups is 1. The number of carbonyl (C=O) groups excluding carboxylic acids is 1. The standard InChI is InChI=1S/C15H20BrNO/c16-14-9-5-6-12(10-14)11-17-15(18)13-7-3-1-2-4-8-13/h5-6,9-10,13H,1-4,7-8,11H2,(H,17,18). The van der Waals surface area contributed by atoms with Crippen LogP contribution in [0, 0.1) is 5.92 Å². The maximum Gasteiger partial charge on any atom is 0.223 e. The van der Waals surface area contributed by atoms with Gasteiger partial charge in [0.05, 0.1) is 0 Å². The summed E-state index contributed by atoms with van der Waals surface area (Å²) in [6.45, 7) is 0.634. The Morgan fingerprint density at radius 3 is 2.61 bits per heavy atom. The van der Waals surface area contributed by atoms with E-state index in [1.54, 1.807) is 0 Å². The van der Waals surface area contributed by atoms with Crippen LogP contribution in [0.3, 0.4) is 0 Å². The molecule has 0 atom stereocenters. The third kappa shape index (κ3) is 4.13. The minimum Gasteiger partial charge on any atom is -0.352 e. The number of nitrogens with one attached hydrogen (secondary N) is 1. The summed E-state index contributed by atoms with van der Waals surface area (Å²) in [5, 5.41) is 3.06. The summed E-state index contributed by atoms with van der Waals surface area (Å²) >= 11 is 3.44. The molecule has 0 unspecified atom stereocenters. The minimum atomic E-state index is 0.233. The van der Waals surface area contributed by atoms with Crippen molar-refractivity contribution in [3.8, 4) is 0 Å². The first kappa shape index (κ1) is 13.6. The summed E-state index contributed by atoms with van der Waals surface area (Å²) < 4.78 is 1.06. The van der Waals surface area contributed by atoms with E-state index in [1.165, 1.54) is 25.7 Å². The van der Waals surface area contributed by atoms with Gasteiger partial charge < -0.3 is 5.32 Å². The maximum absolute atomic E-state index is 12.1. The molecule has 2 nitrogen and oxygen atoms in total. The van der Waals surface area contributed by atoms with Gasteiger partial charge in [0.1, 0.15) is 0 Å². The Balaban J connectivity index is 1.83. The van der Waals surface area contributed by atoms with Crippen LogP contribution < -0.4 is 5.32 Å². The van der Waals surface area contributed by atoms with E-state index in [2.05, 4.69) is 21.2 Å². The second kappa shape index (κ2) is 6.93. The number of halogens is 1. The van der Waals surface area contributed by atoms with Crippen LogP contribution in [-0.4, -0.2) is 5.91 Å². The van der Waals surface area contributed by atoms with E-state index in [1.807, 2.05) is 24.3 Å². The second-order valence-corrected chi connectivity index (χ2v) is 5.95. The average Bonchev–Trinajstić information content (AvgIpc) is 2.65. The molecule has 18 heavy (non-hydrogen) atoms. The van der Waals surface area contributed by atoms with Crippen LogP contribution in [0.4, 0.5) is 0 Å². The van der Waals surface area contributed by atoms with Crippen molar-refractivity contribution in [1.29, 1.82) is 0 Å². The van der Waals surface area contributed by atoms with Gasteiger partial charge in [-0.2, -0.15) is 0 Å². The van der Waals surface area contributed by atoms with Crippen LogP contribution in [0.15, 0.2) is 28.7 Å². The highest BCUT2D eigenvalue weighted by atomic mass is 79.9. The molecule has 0 aliphatic heterocycles. The van der Waals surface area contributed by atoms with Crippen molar-refractivity contribution in [3.63, 3.8) is 0 Å². The first-order valence-electron chi connectivity index (χ1n) is 6.78. The molecule has 1 aliphatic rings. The predicted molar refractivity (Wildman–Crippen MR) is 77.2 cm³/mol.